The van der Waals surface area contributed by atoms with E-state index in [1.165, 1.54) is 59.4 Å². The molecule has 3 heterocycles. The average molecular weight is 849 g/mol. The van der Waals surface area contributed by atoms with Gasteiger partial charge in [-0.2, -0.15) is 11.3 Å². The van der Waals surface area contributed by atoms with Crippen molar-refractivity contribution >= 4 is 44.8 Å². The number of nitrogens with zero attached hydrogens (tertiary/aromatic N) is 2. The molecule has 3 aromatic carbocycles. The molecule has 2 nitrogen and oxygen atoms in total. The maximum atomic E-state index is 14.1. The minimum Gasteiger partial charge on any atom is -0.305 e. The Kier molecular flexibility index (Phi) is 11.5. The fraction of sp³-hybridized carbons (Fsp3) is 0.333. The zero-order chi connectivity index (χ0) is 33.2. The van der Waals surface area contributed by atoms with Crippen LogP contribution in [0.5, 0.6) is 0 Å². The monoisotopic (exact) mass is 849 g/mol. The molecular weight excluding hydrogens is 804 g/mol. The van der Waals surface area contributed by atoms with E-state index < -0.39 is 8.07 Å². The third-order valence-corrected chi connectivity index (χ3v) is 12.2. The molecule has 1 radical (unpaired) electrons. The Balaban J connectivity index is 0.000000189. The first-order chi connectivity index (χ1) is 22.4. The van der Waals surface area contributed by atoms with Gasteiger partial charge in [-0.05, 0) is 63.0 Å². The van der Waals surface area contributed by atoms with Crippen molar-refractivity contribution in [1.82, 2.24) is 9.97 Å². The zero-order valence-electron chi connectivity index (χ0n) is 28.9. The number of halogens is 1. The number of benzene rings is 3. The number of hydrogen-bond donors (Lipinski definition) is 0. The quantitative estimate of drug-likeness (QED) is 0.123. The normalized spacial score (nSPS) is 13.7. The maximum Gasteiger partial charge on any atom is 0.140 e. The molecule has 1 aliphatic rings. The second kappa shape index (κ2) is 15.3. The first kappa shape index (κ1) is 36.3. The van der Waals surface area contributed by atoms with Crippen LogP contribution < -0.4 is 5.19 Å². The van der Waals surface area contributed by atoms with Crippen LogP contribution in [0.2, 0.25) is 19.6 Å². The van der Waals surface area contributed by atoms with Gasteiger partial charge in [-0.15, -0.1) is 59.7 Å². The molecule has 6 heteroatoms. The van der Waals surface area contributed by atoms with Gasteiger partial charge in [0.2, 0.25) is 0 Å². The first-order valence-electron chi connectivity index (χ1n) is 16.9. The van der Waals surface area contributed by atoms with E-state index in [0.29, 0.717) is 0 Å². The van der Waals surface area contributed by atoms with Gasteiger partial charge in [0.25, 0.3) is 0 Å². The summed E-state index contributed by atoms with van der Waals surface area (Å²) in [5.41, 5.74) is 7.16. The van der Waals surface area contributed by atoms with Gasteiger partial charge in [0.15, 0.2) is 0 Å². The molecule has 6 aromatic rings. The summed E-state index contributed by atoms with van der Waals surface area (Å²) in [7, 11) is -1.37. The van der Waals surface area contributed by atoms with Crippen molar-refractivity contribution in [2.75, 3.05) is 0 Å². The third kappa shape index (κ3) is 8.76. The Hall–Kier alpha value is -3.02. The number of rotatable bonds is 6. The van der Waals surface area contributed by atoms with Crippen molar-refractivity contribution in [3.05, 3.63) is 114 Å². The molecule has 0 bridgehead atoms. The van der Waals surface area contributed by atoms with E-state index in [2.05, 4.69) is 94.1 Å². The molecule has 1 fully saturated rings. The van der Waals surface area contributed by atoms with Gasteiger partial charge in [0, 0.05) is 32.5 Å². The molecule has 0 amide bonds. The standard InChI is InChI=1S/C23H19FNS.C19H26NSi.Ir/c24-20-7-3-6-18-19-14-17(8-9-22(19)26-23(18)20)21-13-16(10-11-25-21)12-15-4-1-2-5-15;1-19(2,3)13-16-12-17(15-10-8-7-9-11-15)20-14-18(16)21(4,5)6;/h3,6-7,9-11,13-15H,1-2,4-5,12H2;7-10,12,14H,13H2,1-6H3;/q2*-1;. The summed E-state index contributed by atoms with van der Waals surface area (Å²) in [5.74, 6) is 0.669. The predicted molar refractivity (Wildman–Crippen MR) is 202 cm³/mol. The predicted octanol–water partition coefficient (Wildman–Crippen LogP) is 11.5. The summed E-state index contributed by atoms with van der Waals surface area (Å²) in [6.45, 7) is 14.1. The molecule has 3 aromatic heterocycles. The van der Waals surface area contributed by atoms with E-state index >= 15 is 0 Å². The van der Waals surface area contributed by atoms with Crippen LogP contribution in [0.4, 0.5) is 4.39 Å². The van der Waals surface area contributed by atoms with Crippen molar-refractivity contribution in [2.24, 2.45) is 11.3 Å². The second-order valence-corrected chi connectivity index (χ2v) is 21.3. The van der Waals surface area contributed by atoms with Gasteiger partial charge >= 0.3 is 0 Å². The first-order valence-corrected chi connectivity index (χ1v) is 21.2. The Morgan fingerprint density at radius 1 is 0.875 bits per heavy atom. The Labute approximate surface area is 304 Å². The molecule has 0 N–H and O–H groups in total. The van der Waals surface area contributed by atoms with E-state index in [-0.39, 0.29) is 31.3 Å². The largest absolute Gasteiger partial charge is 0.305 e. The Bertz CT molecular complexity index is 1990. The van der Waals surface area contributed by atoms with E-state index in [9.17, 15) is 4.39 Å². The fourth-order valence-corrected chi connectivity index (χ4v) is 9.39. The van der Waals surface area contributed by atoms with Crippen molar-refractivity contribution < 1.29 is 24.5 Å². The van der Waals surface area contributed by atoms with Crippen LogP contribution in [0, 0.1) is 29.3 Å². The van der Waals surface area contributed by atoms with Gasteiger partial charge in [-0.25, -0.2) is 4.39 Å². The second-order valence-electron chi connectivity index (χ2n) is 15.2. The number of hydrogen-bond acceptors (Lipinski definition) is 3. The molecule has 7 rings (SSSR count). The van der Waals surface area contributed by atoms with Gasteiger partial charge < -0.3 is 9.97 Å². The minimum absolute atomic E-state index is 0. The van der Waals surface area contributed by atoms with Crippen molar-refractivity contribution in [3.8, 4) is 22.5 Å². The summed E-state index contributed by atoms with van der Waals surface area (Å²) in [4.78, 5) is 9.28. The number of thiophene rings is 1. The van der Waals surface area contributed by atoms with Crippen LogP contribution in [-0.4, -0.2) is 18.0 Å². The molecule has 0 saturated heterocycles. The molecule has 0 atom stereocenters. The van der Waals surface area contributed by atoms with Crippen LogP contribution >= 0.6 is 11.3 Å². The molecule has 0 spiro atoms. The molecule has 0 unspecified atom stereocenters. The van der Waals surface area contributed by atoms with Crippen LogP contribution in [0.15, 0.2) is 85.2 Å². The molecule has 251 valence electrons. The fourth-order valence-electron chi connectivity index (χ4n) is 6.74. The van der Waals surface area contributed by atoms with E-state index in [4.69, 9.17) is 4.98 Å². The summed E-state index contributed by atoms with van der Waals surface area (Å²) in [6, 6.07) is 30.7. The van der Waals surface area contributed by atoms with Crippen LogP contribution in [0.1, 0.15) is 57.6 Å². The average Bonchev–Trinajstić information content (AvgIpc) is 3.69. The molecule has 48 heavy (non-hydrogen) atoms. The Morgan fingerprint density at radius 2 is 1.65 bits per heavy atom. The molecule has 1 aliphatic carbocycles. The van der Waals surface area contributed by atoms with Gasteiger partial charge in [-0.1, -0.05) is 107 Å². The third-order valence-electron chi connectivity index (χ3n) is 8.98. The number of pyridine rings is 2. The summed E-state index contributed by atoms with van der Waals surface area (Å²) < 4.78 is 15.9. The number of aromatic nitrogens is 2. The smallest absolute Gasteiger partial charge is 0.140 e. The number of fused-ring (bicyclic) bond motifs is 3. The van der Waals surface area contributed by atoms with E-state index in [1.54, 1.807) is 6.07 Å². The van der Waals surface area contributed by atoms with Crippen molar-refractivity contribution in [2.45, 2.75) is 78.9 Å². The van der Waals surface area contributed by atoms with Crippen molar-refractivity contribution in [1.29, 1.82) is 0 Å². The summed E-state index contributed by atoms with van der Waals surface area (Å²) in [6.07, 6.45) is 11.7. The Morgan fingerprint density at radius 3 is 2.35 bits per heavy atom. The van der Waals surface area contributed by atoms with Crippen molar-refractivity contribution in [3.63, 3.8) is 0 Å². The minimum atomic E-state index is -1.37. The van der Waals surface area contributed by atoms with Crippen LogP contribution in [0.25, 0.3) is 42.7 Å². The van der Waals surface area contributed by atoms with Gasteiger partial charge in [-0.3, -0.25) is 0 Å². The zero-order valence-corrected chi connectivity index (χ0v) is 33.1. The van der Waals surface area contributed by atoms with Crippen LogP contribution in [-0.2, 0) is 32.9 Å². The van der Waals surface area contributed by atoms with Gasteiger partial charge in [0.1, 0.15) is 5.82 Å². The summed E-state index contributed by atoms with van der Waals surface area (Å²) >= 11 is 1.49. The maximum absolute atomic E-state index is 14.1. The molecule has 1 saturated carbocycles. The van der Waals surface area contributed by atoms with Crippen LogP contribution in [0.3, 0.4) is 0 Å². The SMILES string of the molecule is CC(C)(C)Cc1cc(-c2[c-]cccc2)ncc1[Si](C)(C)C.Fc1cccc2c1sc1c[c-]c(-c3cc(CC4CCCC4)ccn3)cc12.[Ir]. The topological polar surface area (TPSA) is 25.8 Å². The molecule has 0 aliphatic heterocycles. The van der Waals surface area contributed by atoms with E-state index in [0.717, 1.165) is 61.4 Å². The molecular formula is C42H45FIrN2SSi-2. The summed E-state index contributed by atoms with van der Waals surface area (Å²) in [5, 5.41) is 3.54. The van der Waals surface area contributed by atoms with Gasteiger partial charge in [0.05, 0.1) is 12.8 Å². The van der Waals surface area contributed by atoms with E-state index in [1.807, 2.05) is 36.5 Å².